The normalized spacial score (nSPS) is 22.8. The van der Waals surface area contributed by atoms with E-state index in [0.29, 0.717) is 31.8 Å². The van der Waals surface area contributed by atoms with E-state index >= 15 is 0 Å². The Hall–Kier alpha value is -2.48. The van der Waals surface area contributed by atoms with Crippen molar-refractivity contribution < 1.29 is 9.53 Å². The number of carbonyl (C=O) groups excluding carboxylic acids is 1. The summed E-state index contributed by atoms with van der Waals surface area (Å²) in [6.45, 7) is 4.12. The van der Waals surface area contributed by atoms with Gasteiger partial charge in [-0.3, -0.25) is 9.59 Å². The van der Waals surface area contributed by atoms with Gasteiger partial charge in [0.25, 0.3) is 11.5 Å². The summed E-state index contributed by atoms with van der Waals surface area (Å²) < 4.78 is 9.29. The van der Waals surface area contributed by atoms with Gasteiger partial charge in [0.2, 0.25) is 0 Å². The molecule has 2 aliphatic heterocycles. The van der Waals surface area contributed by atoms with Crippen LogP contribution in [0.4, 0.5) is 0 Å². The van der Waals surface area contributed by atoms with Crippen molar-refractivity contribution in [2.75, 3.05) is 13.1 Å². The number of rotatable bonds is 2. The lowest BCUT2D eigenvalue weighted by molar-refractivity contribution is -0.0605. The standard InChI is InChI=1S/C16H19N5O3/c1-2-19-5-3-11(7-15(19)22)16(23)20-6-4-14-13(9-20)21-12(10-24-14)8-17-18-21/h3,5,7-8,13-14H,2,4,6,9-10H2,1H3/t13-,14+/m0/s1. The number of nitrogens with zero attached hydrogens (tertiary/aromatic N) is 5. The molecular formula is C16H19N5O3. The van der Waals surface area contributed by atoms with Gasteiger partial charge in [0.15, 0.2) is 0 Å². The zero-order chi connectivity index (χ0) is 16.7. The van der Waals surface area contributed by atoms with Crippen LogP contribution >= 0.6 is 0 Å². The highest BCUT2D eigenvalue weighted by Gasteiger charge is 2.38. The van der Waals surface area contributed by atoms with E-state index in [1.54, 1.807) is 27.9 Å². The van der Waals surface area contributed by atoms with Crippen LogP contribution in [-0.2, 0) is 17.9 Å². The van der Waals surface area contributed by atoms with Crippen molar-refractivity contribution in [2.24, 2.45) is 0 Å². The number of hydrogen-bond acceptors (Lipinski definition) is 5. The Balaban J connectivity index is 1.57. The summed E-state index contributed by atoms with van der Waals surface area (Å²) in [5.74, 6) is -0.124. The Bertz CT molecular complexity index is 827. The summed E-state index contributed by atoms with van der Waals surface area (Å²) in [4.78, 5) is 26.5. The van der Waals surface area contributed by atoms with E-state index < -0.39 is 0 Å². The van der Waals surface area contributed by atoms with E-state index in [9.17, 15) is 9.59 Å². The smallest absolute Gasteiger partial charge is 0.254 e. The number of carbonyl (C=O) groups is 1. The number of hydrogen-bond donors (Lipinski definition) is 0. The van der Waals surface area contributed by atoms with Crippen LogP contribution in [0, 0.1) is 0 Å². The van der Waals surface area contributed by atoms with Gasteiger partial charge in [0.1, 0.15) is 0 Å². The first kappa shape index (κ1) is 15.1. The van der Waals surface area contributed by atoms with Crippen molar-refractivity contribution in [3.8, 4) is 0 Å². The molecule has 0 spiro atoms. The molecular weight excluding hydrogens is 310 g/mol. The fourth-order valence-electron chi connectivity index (χ4n) is 3.45. The second kappa shape index (κ2) is 5.86. The van der Waals surface area contributed by atoms with Gasteiger partial charge in [-0.25, -0.2) is 4.68 Å². The molecule has 0 N–H and O–H groups in total. The van der Waals surface area contributed by atoms with Crippen molar-refractivity contribution in [3.63, 3.8) is 0 Å². The highest BCUT2D eigenvalue weighted by atomic mass is 16.5. The van der Waals surface area contributed by atoms with Crippen LogP contribution in [0.15, 0.2) is 29.3 Å². The largest absolute Gasteiger partial charge is 0.370 e. The molecule has 2 aromatic rings. The molecule has 2 aromatic heterocycles. The van der Waals surface area contributed by atoms with Crippen molar-refractivity contribution in [1.29, 1.82) is 0 Å². The fraction of sp³-hybridized carbons (Fsp3) is 0.500. The molecule has 1 saturated heterocycles. The molecule has 0 aromatic carbocycles. The van der Waals surface area contributed by atoms with Crippen molar-refractivity contribution in [1.82, 2.24) is 24.5 Å². The minimum absolute atomic E-state index is 0.0232. The molecule has 8 heteroatoms. The lowest BCUT2D eigenvalue weighted by atomic mass is 9.99. The molecule has 126 valence electrons. The van der Waals surface area contributed by atoms with E-state index in [1.165, 1.54) is 6.07 Å². The zero-order valence-electron chi connectivity index (χ0n) is 13.5. The summed E-state index contributed by atoms with van der Waals surface area (Å²) in [5.41, 5.74) is 1.20. The number of piperidine rings is 1. The minimum Gasteiger partial charge on any atom is -0.370 e. The first-order valence-electron chi connectivity index (χ1n) is 8.18. The number of amides is 1. The molecule has 2 atom stereocenters. The molecule has 4 heterocycles. The quantitative estimate of drug-likeness (QED) is 0.799. The number of fused-ring (bicyclic) bond motifs is 3. The van der Waals surface area contributed by atoms with Crippen molar-refractivity contribution in [2.45, 2.75) is 38.6 Å². The van der Waals surface area contributed by atoms with Crippen LogP contribution in [-0.4, -0.2) is 49.6 Å². The molecule has 0 saturated carbocycles. The third-order valence-electron chi connectivity index (χ3n) is 4.80. The Morgan fingerprint density at radius 2 is 2.33 bits per heavy atom. The summed E-state index contributed by atoms with van der Waals surface area (Å²) in [7, 11) is 0. The molecule has 8 nitrogen and oxygen atoms in total. The van der Waals surface area contributed by atoms with Crippen LogP contribution in [0.1, 0.15) is 35.4 Å². The SMILES string of the molecule is CCn1ccc(C(=O)N2CC[C@H]3OCc4cnnn4[C@H]3C2)cc1=O. The van der Waals surface area contributed by atoms with Crippen LogP contribution in [0.3, 0.4) is 0 Å². The molecule has 1 amide bonds. The van der Waals surface area contributed by atoms with E-state index in [-0.39, 0.29) is 23.6 Å². The molecule has 4 rings (SSSR count). The number of ether oxygens (including phenoxy) is 1. The lowest BCUT2D eigenvalue weighted by Crippen LogP contribution is -2.50. The highest BCUT2D eigenvalue weighted by molar-refractivity contribution is 5.94. The fourth-order valence-corrected chi connectivity index (χ4v) is 3.45. The van der Waals surface area contributed by atoms with Crippen molar-refractivity contribution in [3.05, 3.63) is 46.1 Å². The summed E-state index contributed by atoms with van der Waals surface area (Å²) >= 11 is 0. The Morgan fingerprint density at radius 3 is 3.12 bits per heavy atom. The van der Waals surface area contributed by atoms with E-state index in [0.717, 1.165) is 12.1 Å². The molecule has 0 unspecified atom stereocenters. The third kappa shape index (κ3) is 2.43. The minimum atomic E-state index is -0.155. The maximum Gasteiger partial charge on any atom is 0.254 e. The van der Waals surface area contributed by atoms with Gasteiger partial charge in [-0.1, -0.05) is 5.21 Å². The van der Waals surface area contributed by atoms with E-state index in [4.69, 9.17) is 4.74 Å². The highest BCUT2D eigenvalue weighted by Crippen LogP contribution is 2.30. The molecule has 0 bridgehead atoms. The Kier molecular flexibility index (Phi) is 3.68. The second-order valence-corrected chi connectivity index (χ2v) is 6.17. The van der Waals surface area contributed by atoms with E-state index in [1.807, 2.05) is 11.6 Å². The Labute approximate surface area is 138 Å². The number of aryl methyl sites for hydroxylation is 1. The second-order valence-electron chi connectivity index (χ2n) is 6.17. The van der Waals surface area contributed by atoms with Gasteiger partial charge in [0.05, 0.1) is 30.6 Å². The van der Waals surface area contributed by atoms with Gasteiger partial charge in [0, 0.05) is 37.5 Å². The summed E-state index contributed by atoms with van der Waals surface area (Å²) in [6, 6.07) is 3.10. The average Bonchev–Trinajstić information content (AvgIpc) is 3.09. The number of likely N-dealkylation sites (tertiary alicyclic amines) is 1. The monoisotopic (exact) mass is 329 g/mol. The van der Waals surface area contributed by atoms with E-state index in [2.05, 4.69) is 10.3 Å². The van der Waals surface area contributed by atoms with Gasteiger partial charge in [-0.2, -0.15) is 0 Å². The topological polar surface area (TPSA) is 82.2 Å². The number of pyridine rings is 1. The first-order chi connectivity index (χ1) is 11.7. The van der Waals surface area contributed by atoms with Gasteiger partial charge in [-0.05, 0) is 19.4 Å². The third-order valence-corrected chi connectivity index (χ3v) is 4.80. The lowest BCUT2D eigenvalue weighted by Gasteiger charge is -2.41. The van der Waals surface area contributed by atoms with Crippen LogP contribution in [0.2, 0.25) is 0 Å². The first-order valence-corrected chi connectivity index (χ1v) is 8.18. The summed E-state index contributed by atoms with van der Waals surface area (Å²) in [5, 5.41) is 8.08. The zero-order valence-corrected chi connectivity index (χ0v) is 13.5. The van der Waals surface area contributed by atoms with Crippen LogP contribution in [0.5, 0.6) is 0 Å². The molecule has 0 aliphatic carbocycles. The molecule has 2 aliphatic rings. The summed E-state index contributed by atoms with van der Waals surface area (Å²) in [6.07, 6.45) is 4.17. The molecule has 24 heavy (non-hydrogen) atoms. The Morgan fingerprint density at radius 1 is 1.46 bits per heavy atom. The van der Waals surface area contributed by atoms with Crippen molar-refractivity contribution >= 4 is 5.91 Å². The van der Waals surface area contributed by atoms with Gasteiger partial charge >= 0.3 is 0 Å². The molecule has 0 radical (unpaired) electrons. The maximum atomic E-state index is 12.8. The van der Waals surface area contributed by atoms with Crippen LogP contribution in [0.25, 0.3) is 0 Å². The van der Waals surface area contributed by atoms with Crippen LogP contribution < -0.4 is 5.56 Å². The predicted molar refractivity (Wildman–Crippen MR) is 84.5 cm³/mol. The van der Waals surface area contributed by atoms with Gasteiger partial charge in [-0.15, -0.1) is 5.10 Å². The average molecular weight is 329 g/mol. The maximum absolute atomic E-state index is 12.8. The van der Waals surface area contributed by atoms with Gasteiger partial charge < -0.3 is 14.2 Å². The number of aromatic nitrogens is 4. The molecule has 1 fully saturated rings. The predicted octanol–water partition coefficient (Wildman–Crippen LogP) is 0.446.